The van der Waals surface area contributed by atoms with Crippen molar-refractivity contribution in [1.82, 2.24) is 24.8 Å². The van der Waals surface area contributed by atoms with E-state index in [9.17, 15) is 9.59 Å². The average molecular weight is 393 g/mol. The lowest BCUT2D eigenvalue weighted by Gasteiger charge is -2.23. The number of carbonyl (C=O) groups excluding carboxylic acids is 1. The number of nitrogens with one attached hydrogen (secondary N) is 1. The number of pyridine rings is 1. The van der Waals surface area contributed by atoms with Crippen molar-refractivity contribution in [1.29, 1.82) is 0 Å². The van der Waals surface area contributed by atoms with Crippen molar-refractivity contribution in [2.75, 3.05) is 26.2 Å². The van der Waals surface area contributed by atoms with Crippen LogP contribution in [0.5, 0.6) is 0 Å². The summed E-state index contributed by atoms with van der Waals surface area (Å²) in [6.45, 7) is 4.53. The summed E-state index contributed by atoms with van der Waals surface area (Å²) in [5, 5.41) is 2.84. The van der Waals surface area contributed by atoms with Crippen LogP contribution in [0.3, 0.4) is 0 Å². The Morgan fingerprint density at radius 3 is 2.90 bits per heavy atom. The number of hydrogen-bond donors (Lipinski definition) is 1. The molecule has 2 aliphatic heterocycles. The van der Waals surface area contributed by atoms with Crippen molar-refractivity contribution in [2.45, 2.75) is 44.1 Å². The molecule has 3 aliphatic rings. The molecule has 29 heavy (non-hydrogen) atoms. The number of likely N-dealkylation sites (tertiary alicyclic amines) is 1. The minimum Gasteiger partial charge on any atom is -0.351 e. The molecule has 2 fully saturated rings. The molecule has 5 rings (SSSR count). The average Bonchev–Trinajstić information content (AvgIpc) is 3.35. The maximum atomic E-state index is 12.7. The third kappa shape index (κ3) is 3.71. The molecule has 7 nitrogen and oxygen atoms in total. The second-order valence-corrected chi connectivity index (χ2v) is 8.76. The van der Waals surface area contributed by atoms with E-state index < -0.39 is 5.56 Å². The van der Waals surface area contributed by atoms with Gasteiger partial charge in [0, 0.05) is 56.1 Å². The molecule has 4 heterocycles. The van der Waals surface area contributed by atoms with Gasteiger partial charge in [-0.15, -0.1) is 0 Å². The predicted molar refractivity (Wildman–Crippen MR) is 109 cm³/mol. The summed E-state index contributed by atoms with van der Waals surface area (Å²) in [4.78, 5) is 36.4. The predicted octanol–water partition coefficient (Wildman–Crippen LogP) is 1.37. The fourth-order valence-corrected chi connectivity index (χ4v) is 4.80. The quantitative estimate of drug-likeness (QED) is 0.802. The molecule has 0 bridgehead atoms. The first-order valence-electron chi connectivity index (χ1n) is 10.7. The molecule has 7 heteroatoms. The van der Waals surface area contributed by atoms with Crippen LogP contribution in [-0.2, 0) is 18.4 Å². The Kier molecular flexibility index (Phi) is 4.70. The summed E-state index contributed by atoms with van der Waals surface area (Å²) >= 11 is 0. The molecular formula is C22H27N5O2. The summed E-state index contributed by atoms with van der Waals surface area (Å²) in [6.07, 6.45) is 8.87. The van der Waals surface area contributed by atoms with Crippen molar-refractivity contribution in [3.63, 3.8) is 0 Å². The first-order valence-corrected chi connectivity index (χ1v) is 10.7. The van der Waals surface area contributed by atoms with E-state index in [0.717, 1.165) is 49.9 Å². The van der Waals surface area contributed by atoms with Gasteiger partial charge in [0.2, 0.25) is 0 Å². The summed E-state index contributed by atoms with van der Waals surface area (Å²) in [5.41, 5.74) is 0.630. The Morgan fingerprint density at radius 2 is 2.10 bits per heavy atom. The third-order valence-corrected chi connectivity index (χ3v) is 6.58. The largest absolute Gasteiger partial charge is 0.351 e. The van der Waals surface area contributed by atoms with E-state index in [1.165, 1.54) is 19.4 Å². The van der Waals surface area contributed by atoms with E-state index in [1.807, 2.05) is 22.8 Å². The van der Waals surface area contributed by atoms with Crippen molar-refractivity contribution >= 4 is 5.91 Å². The molecule has 1 spiro atoms. The number of aromatic nitrogens is 3. The molecule has 2 aromatic rings. The van der Waals surface area contributed by atoms with Gasteiger partial charge in [0.15, 0.2) is 0 Å². The number of hydrogen-bond acceptors (Lipinski definition) is 5. The molecule has 1 N–H and O–H groups in total. The minimum atomic E-state index is -0.409. The summed E-state index contributed by atoms with van der Waals surface area (Å²) < 4.78 is 2.04. The van der Waals surface area contributed by atoms with Crippen molar-refractivity contribution in [3.8, 4) is 0 Å². The normalized spacial score (nSPS) is 23.4. The number of nitrogens with zero attached hydrogens (tertiary/aromatic N) is 4. The van der Waals surface area contributed by atoms with Crippen LogP contribution in [0, 0.1) is 5.92 Å². The smallest absolute Gasteiger partial charge is 0.285 e. The maximum absolute atomic E-state index is 12.7. The molecule has 0 unspecified atom stereocenters. The van der Waals surface area contributed by atoms with Crippen LogP contribution < -0.4 is 10.9 Å². The van der Waals surface area contributed by atoms with Crippen molar-refractivity contribution in [3.05, 3.63) is 58.0 Å². The Hall–Kier alpha value is -2.54. The van der Waals surface area contributed by atoms with Crippen LogP contribution in [-0.4, -0.2) is 51.5 Å². The highest BCUT2D eigenvalue weighted by Gasteiger charge is 2.46. The van der Waals surface area contributed by atoms with E-state index in [-0.39, 0.29) is 16.9 Å². The number of rotatable bonds is 6. The molecule has 1 amide bonds. The number of fused-ring (bicyclic) bond motifs is 2. The topological polar surface area (TPSA) is 80.1 Å². The van der Waals surface area contributed by atoms with Gasteiger partial charge < -0.3 is 14.8 Å². The first-order chi connectivity index (χ1) is 14.1. The van der Waals surface area contributed by atoms with Gasteiger partial charge in [0.25, 0.3) is 11.5 Å². The van der Waals surface area contributed by atoms with Gasteiger partial charge in [0.05, 0.1) is 0 Å². The Balaban J connectivity index is 1.27. The van der Waals surface area contributed by atoms with Crippen LogP contribution in [0.1, 0.15) is 47.6 Å². The van der Waals surface area contributed by atoms with Crippen LogP contribution >= 0.6 is 0 Å². The molecular weight excluding hydrogens is 366 g/mol. The standard InChI is InChI=1S/C22H27N5O2/c28-19(24-10-6-17-3-1-2-9-23-17)18-14-27-12-8-22(21(27)25-20(18)29)7-11-26(15-22)13-16-4-5-16/h1-3,9,14,16H,4-8,10-13,15H2,(H,24,28)/t22-/m1/s1. The van der Waals surface area contributed by atoms with E-state index in [0.29, 0.717) is 13.0 Å². The molecule has 2 aromatic heterocycles. The molecule has 1 aliphatic carbocycles. The van der Waals surface area contributed by atoms with E-state index in [1.54, 1.807) is 12.4 Å². The van der Waals surface area contributed by atoms with Crippen LogP contribution in [0.15, 0.2) is 35.4 Å². The van der Waals surface area contributed by atoms with E-state index >= 15 is 0 Å². The number of carbonyl (C=O) groups is 1. The molecule has 152 valence electrons. The van der Waals surface area contributed by atoms with Crippen molar-refractivity contribution in [2.24, 2.45) is 5.92 Å². The minimum absolute atomic E-state index is 0.0119. The van der Waals surface area contributed by atoms with Gasteiger partial charge in [0.1, 0.15) is 11.4 Å². The van der Waals surface area contributed by atoms with Gasteiger partial charge in [-0.05, 0) is 50.3 Å². The Labute approximate surface area is 170 Å². The molecule has 1 saturated carbocycles. The zero-order chi connectivity index (χ0) is 19.8. The number of amides is 1. The van der Waals surface area contributed by atoms with E-state index in [2.05, 4.69) is 20.2 Å². The second-order valence-electron chi connectivity index (χ2n) is 8.76. The van der Waals surface area contributed by atoms with Gasteiger partial charge in [-0.2, -0.15) is 4.98 Å². The Bertz CT molecular complexity index is 969. The van der Waals surface area contributed by atoms with Crippen molar-refractivity contribution < 1.29 is 4.79 Å². The lowest BCUT2D eigenvalue weighted by Crippen LogP contribution is -2.36. The monoisotopic (exact) mass is 393 g/mol. The summed E-state index contributed by atoms with van der Waals surface area (Å²) in [7, 11) is 0. The Morgan fingerprint density at radius 1 is 1.24 bits per heavy atom. The van der Waals surface area contributed by atoms with Gasteiger partial charge in [-0.25, -0.2) is 0 Å². The molecule has 1 atom stereocenters. The summed E-state index contributed by atoms with van der Waals surface area (Å²) in [5.74, 6) is 1.40. The second kappa shape index (κ2) is 7.37. The van der Waals surface area contributed by atoms with Crippen LogP contribution in [0.4, 0.5) is 0 Å². The van der Waals surface area contributed by atoms with E-state index in [4.69, 9.17) is 0 Å². The first kappa shape index (κ1) is 18.5. The molecule has 1 saturated heterocycles. The highest BCUT2D eigenvalue weighted by Crippen LogP contribution is 2.42. The van der Waals surface area contributed by atoms with Gasteiger partial charge >= 0.3 is 0 Å². The lowest BCUT2D eigenvalue weighted by atomic mass is 9.85. The molecule has 0 aromatic carbocycles. The van der Waals surface area contributed by atoms with Gasteiger partial charge in [-0.3, -0.25) is 14.6 Å². The maximum Gasteiger partial charge on any atom is 0.285 e. The molecule has 0 radical (unpaired) electrons. The summed E-state index contributed by atoms with van der Waals surface area (Å²) in [6, 6.07) is 5.71. The lowest BCUT2D eigenvalue weighted by molar-refractivity contribution is 0.0951. The van der Waals surface area contributed by atoms with Gasteiger partial charge in [-0.1, -0.05) is 6.07 Å². The highest BCUT2D eigenvalue weighted by atomic mass is 16.2. The van der Waals surface area contributed by atoms with Crippen LogP contribution in [0.2, 0.25) is 0 Å². The fourth-order valence-electron chi connectivity index (χ4n) is 4.80. The SMILES string of the molecule is O=C(NCCc1ccccn1)c1cn2c(nc1=O)[C@]1(CCN(CC3CC3)C1)CC2. The zero-order valence-electron chi connectivity index (χ0n) is 16.6. The van der Waals surface area contributed by atoms with Crippen LogP contribution in [0.25, 0.3) is 0 Å². The third-order valence-electron chi connectivity index (χ3n) is 6.58. The zero-order valence-corrected chi connectivity index (χ0v) is 16.6. The number of aryl methyl sites for hydroxylation is 1. The fraction of sp³-hybridized carbons (Fsp3) is 0.545. The highest BCUT2D eigenvalue weighted by molar-refractivity contribution is 5.93.